The molecule has 0 radical (unpaired) electrons. The predicted molar refractivity (Wildman–Crippen MR) is 55.0 cm³/mol. The van der Waals surface area contributed by atoms with Crippen LogP contribution in [0.4, 0.5) is 0 Å². The Morgan fingerprint density at radius 3 is 3.07 bits per heavy atom. The molecular formula is C12H11NO2. The van der Waals surface area contributed by atoms with Gasteiger partial charge in [0.05, 0.1) is 12.2 Å². The van der Waals surface area contributed by atoms with Gasteiger partial charge in [0.1, 0.15) is 0 Å². The highest BCUT2D eigenvalue weighted by Gasteiger charge is 2.38. The molecule has 0 aromatic carbocycles. The molecule has 2 heterocycles. The number of hydrogen-bond acceptors (Lipinski definition) is 3. The zero-order valence-electron chi connectivity index (χ0n) is 8.27. The third kappa shape index (κ3) is 1.19. The largest absolute Gasteiger partial charge is 0.360 e. The zero-order valence-corrected chi connectivity index (χ0v) is 8.27. The fourth-order valence-electron chi connectivity index (χ4n) is 2.40. The Hall–Kier alpha value is -1.64. The minimum Gasteiger partial charge on any atom is -0.360 e. The standard InChI is InChI=1S/C12H11NO2/c14-11-7-13-6-9-4-2-1-3-8(9)5-10(13)12(11)15/h1-3,5,9H,4,6-7H2. The van der Waals surface area contributed by atoms with Crippen LogP contribution in [0.25, 0.3) is 0 Å². The topological polar surface area (TPSA) is 37.4 Å². The van der Waals surface area contributed by atoms with Gasteiger partial charge in [-0.05, 0) is 18.1 Å². The number of Topliss-reactive ketones (excluding diaryl/α,β-unsaturated/α-hetero) is 2. The molecule has 3 rings (SSSR count). The Balaban J connectivity index is 2.04. The van der Waals surface area contributed by atoms with Crippen molar-refractivity contribution in [2.45, 2.75) is 6.42 Å². The summed E-state index contributed by atoms with van der Waals surface area (Å²) in [6.45, 7) is 1.08. The lowest BCUT2D eigenvalue weighted by atomic mass is 9.88. The van der Waals surface area contributed by atoms with Gasteiger partial charge >= 0.3 is 0 Å². The Morgan fingerprint density at radius 1 is 1.33 bits per heavy atom. The third-order valence-electron chi connectivity index (χ3n) is 3.22. The molecule has 0 aromatic heterocycles. The highest BCUT2D eigenvalue weighted by molar-refractivity contribution is 6.46. The van der Waals surface area contributed by atoms with Crippen molar-refractivity contribution in [1.82, 2.24) is 4.90 Å². The van der Waals surface area contributed by atoms with E-state index in [0.29, 0.717) is 11.6 Å². The summed E-state index contributed by atoms with van der Waals surface area (Å²) in [6.07, 6.45) is 9.07. The molecule has 1 fully saturated rings. The van der Waals surface area contributed by atoms with Crippen LogP contribution in [0.3, 0.4) is 0 Å². The van der Waals surface area contributed by atoms with Gasteiger partial charge < -0.3 is 4.90 Å². The van der Waals surface area contributed by atoms with Gasteiger partial charge in [-0.2, -0.15) is 0 Å². The number of fused-ring (bicyclic) bond motifs is 2. The van der Waals surface area contributed by atoms with Crippen molar-refractivity contribution in [3.8, 4) is 0 Å². The van der Waals surface area contributed by atoms with Gasteiger partial charge in [0.25, 0.3) is 0 Å². The summed E-state index contributed by atoms with van der Waals surface area (Å²) in [7, 11) is 0. The average Bonchev–Trinajstić information content (AvgIpc) is 2.52. The Morgan fingerprint density at radius 2 is 2.20 bits per heavy atom. The van der Waals surface area contributed by atoms with E-state index in [4.69, 9.17) is 0 Å². The molecule has 1 atom stereocenters. The number of allylic oxidation sites excluding steroid dienone is 5. The number of rotatable bonds is 0. The summed E-state index contributed by atoms with van der Waals surface area (Å²) < 4.78 is 0. The zero-order chi connectivity index (χ0) is 10.4. The first-order valence-electron chi connectivity index (χ1n) is 5.16. The molecule has 0 bridgehead atoms. The van der Waals surface area contributed by atoms with Gasteiger partial charge in [0.15, 0.2) is 0 Å². The van der Waals surface area contributed by atoms with E-state index in [9.17, 15) is 9.59 Å². The maximum Gasteiger partial charge on any atom is 0.246 e. The van der Waals surface area contributed by atoms with Crippen molar-refractivity contribution >= 4 is 11.6 Å². The molecule has 0 N–H and O–H groups in total. The molecule has 0 amide bonds. The van der Waals surface area contributed by atoms with Gasteiger partial charge in [0, 0.05) is 12.5 Å². The fourth-order valence-corrected chi connectivity index (χ4v) is 2.40. The highest BCUT2D eigenvalue weighted by Crippen LogP contribution is 2.32. The van der Waals surface area contributed by atoms with Crippen molar-refractivity contribution in [3.05, 3.63) is 35.6 Å². The van der Waals surface area contributed by atoms with Crippen molar-refractivity contribution in [1.29, 1.82) is 0 Å². The molecule has 2 aliphatic heterocycles. The fraction of sp³-hybridized carbons (Fsp3) is 0.333. The smallest absolute Gasteiger partial charge is 0.246 e. The normalized spacial score (nSPS) is 28.5. The second kappa shape index (κ2) is 2.92. The number of ketones is 2. The van der Waals surface area contributed by atoms with Crippen LogP contribution in [-0.2, 0) is 9.59 Å². The Labute approximate surface area is 87.8 Å². The number of nitrogens with zero attached hydrogens (tertiary/aromatic N) is 1. The summed E-state index contributed by atoms with van der Waals surface area (Å²) in [5, 5.41) is 0. The molecular weight excluding hydrogens is 190 g/mol. The van der Waals surface area contributed by atoms with Gasteiger partial charge in [-0.1, -0.05) is 18.2 Å². The number of carbonyl (C=O) groups is 2. The van der Waals surface area contributed by atoms with Crippen LogP contribution in [0.1, 0.15) is 6.42 Å². The van der Waals surface area contributed by atoms with Gasteiger partial charge in [-0.25, -0.2) is 0 Å². The molecule has 1 saturated heterocycles. The SMILES string of the molecule is O=C1CN2CC3CC=CC=C3C=C2C1=O. The second-order valence-corrected chi connectivity index (χ2v) is 4.19. The van der Waals surface area contributed by atoms with Crippen LogP contribution in [0.15, 0.2) is 35.6 Å². The maximum absolute atomic E-state index is 11.5. The quantitative estimate of drug-likeness (QED) is 0.545. The van der Waals surface area contributed by atoms with Crippen molar-refractivity contribution < 1.29 is 9.59 Å². The molecule has 0 spiro atoms. The van der Waals surface area contributed by atoms with E-state index in [1.54, 1.807) is 0 Å². The Bertz CT molecular complexity index is 443. The lowest BCUT2D eigenvalue weighted by Crippen LogP contribution is -2.31. The van der Waals surface area contributed by atoms with Gasteiger partial charge in [-0.15, -0.1) is 0 Å². The second-order valence-electron chi connectivity index (χ2n) is 4.19. The van der Waals surface area contributed by atoms with Crippen LogP contribution in [0.2, 0.25) is 0 Å². The molecule has 3 nitrogen and oxygen atoms in total. The van der Waals surface area contributed by atoms with E-state index in [2.05, 4.69) is 6.08 Å². The van der Waals surface area contributed by atoms with Gasteiger partial charge in [-0.3, -0.25) is 9.59 Å². The van der Waals surface area contributed by atoms with Crippen LogP contribution in [0, 0.1) is 5.92 Å². The minimum atomic E-state index is -0.316. The van der Waals surface area contributed by atoms with Crippen LogP contribution in [-0.4, -0.2) is 29.6 Å². The molecule has 0 aromatic rings. The highest BCUT2D eigenvalue weighted by atomic mass is 16.2. The summed E-state index contributed by atoms with van der Waals surface area (Å²) in [4.78, 5) is 24.7. The van der Waals surface area contributed by atoms with Crippen molar-refractivity contribution in [2.75, 3.05) is 13.1 Å². The number of carbonyl (C=O) groups excluding carboxylic acids is 2. The lowest BCUT2D eigenvalue weighted by Gasteiger charge is -2.31. The molecule has 76 valence electrons. The van der Waals surface area contributed by atoms with E-state index in [0.717, 1.165) is 13.0 Å². The van der Waals surface area contributed by atoms with E-state index < -0.39 is 0 Å². The summed E-state index contributed by atoms with van der Waals surface area (Å²) in [6, 6.07) is 0. The first-order chi connectivity index (χ1) is 7.25. The number of hydrogen-bond donors (Lipinski definition) is 0. The Kier molecular flexibility index (Phi) is 1.69. The molecule has 1 unspecified atom stereocenters. The van der Waals surface area contributed by atoms with Crippen molar-refractivity contribution in [3.63, 3.8) is 0 Å². The van der Waals surface area contributed by atoms with Crippen LogP contribution in [0.5, 0.6) is 0 Å². The molecule has 3 aliphatic rings. The minimum absolute atomic E-state index is 0.270. The average molecular weight is 201 g/mol. The molecule has 3 heteroatoms. The van der Waals surface area contributed by atoms with Crippen LogP contribution >= 0.6 is 0 Å². The van der Waals surface area contributed by atoms with Gasteiger partial charge in [0.2, 0.25) is 11.6 Å². The molecule has 1 aliphatic carbocycles. The lowest BCUT2D eigenvalue weighted by molar-refractivity contribution is -0.132. The molecule has 15 heavy (non-hydrogen) atoms. The third-order valence-corrected chi connectivity index (χ3v) is 3.22. The van der Waals surface area contributed by atoms with Crippen molar-refractivity contribution in [2.24, 2.45) is 5.92 Å². The van der Waals surface area contributed by atoms with E-state index in [-0.39, 0.29) is 18.1 Å². The van der Waals surface area contributed by atoms with Crippen LogP contribution < -0.4 is 0 Å². The predicted octanol–water partition coefficient (Wildman–Crippen LogP) is 0.840. The first kappa shape index (κ1) is 8.65. The van der Waals surface area contributed by atoms with E-state index in [1.807, 2.05) is 23.1 Å². The van der Waals surface area contributed by atoms with E-state index in [1.165, 1.54) is 5.57 Å². The summed E-state index contributed by atoms with van der Waals surface area (Å²) >= 11 is 0. The van der Waals surface area contributed by atoms with E-state index >= 15 is 0 Å². The summed E-state index contributed by atoms with van der Waals surface area (Å²) in [5.41, 5.74) is 1.78. The maximum atomic E-state index is 11.5. The summed E-state index contributed by atoms with van der Waals surface area (Å²) in [5.74, 6) is -0.130. The monoisotopic (exact) mass is 201 g/mol. The first-order valence-corrected chi connectivity index (χ1v) is 5.16. The molecule has 0 saturated carbocycles.